The van der Waals surface area contributed by atoms with E-state index in [1.807, 2.05) is 17.5 Å². The third kappa shape index (κ3) is 3.76. The van der Waals surface area contributed by atoms with Crippen molar-refractivity contribution in [3.8, 4) is 10.6 Å². The third-order valence-corrected chi connectivity index (χ3v) is 5.73. The average Bonchev–Trinajstić information content (AvgIpc) is 3.16. The first-order chi connectivity index (χ1) is 11.0. The van der Waals surface area contributed by atoms with Crippen LogP contribution in [0.3, 0.4) is 0 Å². The van der Waals surface area contributed by atoms with Crippen molar-refractivity contribution in [2.24, 2.45) is 0 Å². The lowest BCUT2D eigenvalue weighted by Crippen LogP contribution is -2.03. The Kier molecular flexibility index (Phi) is 4.75. The highest BCUT2D eigenvalue weighted by Crippen LogP contribution is 2.34. The minimum Gasteiger partial charge on any atom is -0.240 e. The fourth-order valence-electron chi connectivity index (χ4n) is 2.13. The van der Waals surface area contributed by atoms with E-state index >= 15 is 0 Å². The zero-order valence-corrected chi connectivity index (χ0v) is 14.1. The molecule has 2 aromatic heterocycles. The summed E-state index contributed by atoms with van der Waals surface area (Å²) in [5.74, 6) is 0.346. The summed E-state index contributed by atoms with van der Waals surface area (Å²) in [5, 5.41) is 2.69. The van der Waals surface area contributed by atoms with Gasteiger partial charge in [0, 0.05) is 21.7 Å². The SMILES string of the molecule is FC(F)(F)c1ccc(-c2nc(Cc3cccs3)c(CCl)s2)cc1. The molecule has 0 aliphatic heterocycles. The number of thiazole rings is 1. The lowest BCUT2D eigenvalue weighted by Gasteiger charge is -2.06. The van der Waals surface area contributed by atoms with Crippen molar-refractivity contribution in [2.75, 3.05) is 0 Å². The van der Waals surface area contributed by atoms with Gasteiger partial charge in [-0.05, 0) is 23.6 Å². The van der Waals surface area contributed by atoms with Crippen molar-refractivity contribution in [2.45, 2.75) is 18.5 Å². The fourth-order valence-corrected chi connectivity index (χ4v) is 4.09. The van der Waals surface area contributed by atoms with Gasteiger partial charge in [-0.25, -0.2) is 4.98 Å². The van der Waals surface area contributed by atoms with Gasteiger partial charge in [-0.2, -0.15) is 13.2 Å². The number of alkyl halides is 4. The van der Waals surface area contributed by atoms with E-state index in [1.54, 1.807) is 11.3 Å². The van der Waals surface area contributed by atoms with Gasteiger partial charge in [0.25, 0.3) is 0 Å². The van der Waals surface area contributed by atoms with E-state index in [1.165, 1.54) is 28.3 Å². The summed E-state index contributed by atoms with van der Waals surface area (Å²) < 4.78 is 37.9. The molecule has 0 amide bonds. The first-order valence-electron chi connectivity index (χ1n) is 6.72. The maximum atomic E-state index is 12.6. The molecule has 2 heterocycles. The number of rotatable bonds is 4. The van der Waals surface area contributed by atoms with Crippen LogP contribution in [0.15, 0.2) is 41.8 Å². The Labute approximate surface area is 144 Å². The number of halogens is 4. The highest BCUT2D eigenvalue weighted by atomic mass is 35.5. The molecule has 0 atom stereocenters. The van der Waals surface area contributed by atoms with Crippen molar-refractivity contribution < 1.29 is 13.2 Å². The van der Waals surface area contributed by atoms with E-state index < -0.39 is 11.7 Å². The predicted octanol–water partition coefficient (Wildman–Crippen LogP) is 6.22. The second kappa shape index (κ2) is 6.63. The molecule has 0 saturated carbocycles. The highest BCUT2D eigenvalue weighted by Gasteiger charge is 2.30. The van der Waals surface area contributed by atoms with Crippen LogP contribution in [0.2, 0.25) is 0 Å². The first-order valence-corrected chi connectivity index (χ1v) is 8.95. The van der Waals surface area contributed by atoms with Gasteiger partial charge in [0.05, 0.1) is 17.1 Å². The Hall–Kier alpha value is -1.37. The molecule has 0 aliphatic carbocycles. The monoisotopic (exact) mass is 373 g/mol. The fraction of sp³-hybridized carbons (Fsp3) is 0.188. The molecule has 0 saturated heterocycles. The van der Waals surface area contributed by atoms with Gasteiger partial charge < -0.3 is 0 Å². The van der Waals surface area contributed by atoms with Crippen molar-refractivity contribution in [1.29, 1.82) is 0 Å². The Balaban J connectivity index is 1.89. The zero-order valence-electron chi connectivity index (χ0n) is 11.7. The molecule has 3 rings (SSSR count). The van der Waals surface area contributed by atoms with Gasteiger partial charge in [-0.3, -0.25) is 0 Å². The summed E-state index contributed by atoms with van der Waals surface area (Å²) in [6, 6.07) is 9.07. The van der Waals surface area contributed by atoms with Gasteiger partial charge >= 0.3 is 6.18 Å². The molecule has 120 valence electrons. The smallest absolute Gasteiger partial charge is 0.240 e. The van der Waals surface area contributed by atoms with Crippen LogP contribution in [0, 0.1) is 0 Å². The number of hydrogen-bond acceptors (Lipinski definition) is 3. The van der Waals surface area contributed by atoms with E-state index in [0.29, 0.717) is 22.9 Å². The van der Waals surface area contributed by atoms with Crippen LogP contribution in [0.5, 0.6) is 0 Å². The highest BCUT2D eigenvalue weighted by molar-refractivity contribution is 7.15. The topological polar surface area (TPSA) is 12.9 Å². The number of thiophene rings is 1. The zero-order chi connectivity index (χ0) is 16.4. The number of benzene rings is 1. The molecule has 0 radical (unpaired) electrons. The van der Waals surface area contributed by atoms with Gasteiger partial charge in [0.1, 0.15) is 5.01 Å². The lowest BCUT2D eigenvalue weighted by molar-refractivity contribution is -0.137. The Morgan fingerprint density at radius 2 is 1.83 bits per heavy atom. The van der Waals surface area contributed by atoms with Crippen molar-refractivity contribution >= 4 is 34.3 Å². The molecule has 1 aromatic carbocycles. The maximum absolute atomic E-state index is 12.6. The van der Waals surface area contributed by atoms with Gasteiger partial charge in [-0.15, -0.1) is 34.3 Å². The van der Waals surface area contributed by atoms with E-state index in [-0.39, 0.29) is 0 Å². The largest absolute Gasteiger partial charge is 0.416 e. The van der Waals surface area contributed by atoms with Crippen LogP contribution in [-0.4, -0.2) is 4.98 Å². The van der Waals surface area contributed by atoms with E-state index in [4.69, 9.17) is 11.6 Å². The summed E-state index contributed by atoms with van der Waals surface area (Å²) in [6.45, 7) is 0. The molecule has 0 aliphatic rings. The molecule has 1 nitrogen and oxygen atoms in total. The minimum absolute atomic E-state index is 0.346. The summed E-state index contributed by atoms with van der Waals surface area (Å²) in [6.07, 6.45) is -3.64. The van der Waals surface area contributed by atoms with Crippen molar-refractivity contribution in [3.63, 3.8) is 0 Å². The Morgan fingerprint density at radius 1 is 1.09 bits per heavy atom. The van der Waals surface area contributed by atoms with Crippen LogP contribution in [0.25, 0.3) is 10.6 Å². The molecular formula is C16H11ClF3NS2. The molecule has 23 heavy (non-hydrogen) atoms. The molecule has 7 heteroatoms. The van der Waals surface area contributed by atoms with Gasteiger partial charge in [0.2, 0.25) is 0 Å². The second-order valence-corrected chi connectivity index (χ2v) is 7.24. The van der Waals surface area contributed by atoms with Crippen LogP contribution >= 0.6 is 34.3 Å². The predicted molar refractivity (Wildman–Crippen MR) is 89.2 cm³/mol. The molecule has 3 aromatic rings. The number of aromatic nitrogens is 1. The van der Waals surface area contributed by atoms with E-state index in [0.717, 1.165) is 22.7 Å². The number of nitrogens with zero attached hydrogens (tertiary/aromatic N) is 1. The third-order valence-electron chi connectivity index (χ3n) is 3.28. The minimum atomic E-state index is -4.33. The van der Waals surface area contributed by atoms with Gasteiger partial charge in [-0.1, -0.05) is 18.2 Å². The van der Waals surface area contributed by atoms with Gasteiger partial charge in [0.15, 0.2) is 0 Å². The Morgan fingerprint density at radius 3 is 2.39 bits per heavy atom. The molecular weight excluding hydrogens is 363 g/mol. The van der Waals surface area contributed by atoms with Crippen molar-refractivity contribution in [3.05, 3.63) is 62.8 Å². The second-order valence-electron chi connectivity index (χ2n) is 4.85. The standard InChI is InChI=1S/C16H11ClF3NS2/c17-9-14-13(8-12-2-1-7-22-12)21-15(23-14)10-3-5-11(6-4-10)16(18,19)20/h1-7H,8-9H2. The maximum Gasteiger partial charge on any atom is 0.416 e. The Bertz CT molecular complexity index is 777. The average molecular weight is 374 g/mol. The number of hydrogen-bond donors (Lipinski definition) is 0. The normalized spacial score (nSPS) is 11.8. The van der Waals surface area contributed by atoms with Crippen LogP contribution in [0.4, 0.5) is 13.2 Å². The molecule has 0 spiro atoms. The summed E-state index contributed by atoms with van der Waals surface area (Å²) in [4.78, 5) is 6.71. The van der Waals surface area contributed by atoms with Crippen molar-refractivity contribution in [1.82, 2.24) is 4.98 Å². The van der Waals surface area contributed by atoms with Crippen LogP contribution < -0.4 is 0 Å². The molecule has 0 N–H and O–H groups in total. The van der Waals surface area contributed by atoms with Crippen LogP contribution in [0.1, 0.15) is 21.0 Å². The summed E-state index contributed by atoms with van der Waals surface area (Å²) in [5.41, 5.74) is 0.906. The van der Waals surface area contributed by atoms with E-state index in [9.17, 15) is 13.2 Å². The summed E-state index contributed by atoms with van der Waals surface area (Å²) >= 11 is 9.05. The van der Waals surface area contributed by atoms with Crippen LogP contribution in [-0.2, 0) is 18.5 Å². The summed E-state index contributed by atoms with van der Waals surface area (Å²) in [7, 11) is 0. The molecule has 0 fully saturated rings. The molecule has 0 bridgehead atoms. The molecule has 0 unspecified atom stereocenters. The van der Waals surface area contributed by atoms with E-state index in [2.05, 4.69) is 4.98 Å². The quantitative estimate of drug-likeness (QED) is 0.495. The lowest BCUT2D eigenvalue weighted by atomic mass is 10.1. The first kappa shape index (κ1) is 16.5.